The van der Waals surface area contributed by atoms with Crippen LogP contribution in [0.5, 0.6) is 5.75 Å². The Balaban J connectivity index is 1.67. The summed E-state index contributed by atoms with van der Waals surface area (Å²) in [6.45, 7) is 0.757. The van der Waals surface area contributed by atoms with Crippen molar-refractivity contribution in [2.24, 2.45) is 0 Å². The highest BCUT2D eigenvalue weighted by molar-refractivity contribution is 7.98. The second-order valence-electron chi connectivity index (χ2n) is 6.24. The lowest BCUT2D eigenvalue weighted by Gasteiger charge is -2.24. The van der Waals surface area contributed by atoms with Crippen LogP contribution in [0.3, 0.4) is 0 Å². The number of thiazole rings is 1. The molecule has 2 aromatic carbocycles. The van der Waals surface area contributed by atoms with Crippen LogP contribution < -0.4 is 4.74 Å². The largest absolute Gasteiger partial charge is 0.496 e. The maximum atomic E-state index is 13.2. The smallest absolute Gasteiger partial charge is 0.258 e. The third-order valence-electron chi connectivity index (χ3n) is 4.75. The van der Waals surface area contributed by atoms with Gasteiger partial charge in [-0.1, -0.05) is 12.1 Å². The Kier molecular flexibility index (Phi) is 4.87. The molecule has 0 aliphatic carbocycles. The lowest BCUT2D eigenvalue weighted by molar-refractivity contribution is 0.0732. The van der Waals surface area contributed by atoms with Gasteiger partial charge in [0, 0.05) is 11.4 Å². The summed E-state index contributed by atoms with van der Waals surface area (Å²) in [5.74, 6) is 0.660. The number of carbonyl (C=O) groups is 1. The van der Waals surface area contributed by atoms with Crippen molar-refractivity contribution in [2.75, 3.05) is 19.9 Å². The molecule has 0 bridgehead atoms. The minimum absolute atomic E-state index is 0.0243. The van der Waals surface area contributed by atoms with Crippen LogP contribution in [0.1, 0.15) is 34.2 Å². The van der Waals surface area contributed by atoms with Crippen molar-refractivity contribution in [3.05, 3.63) is 53.0 Å². The summed E-state index contributed by atoms with van der Waals surface area (Å²) in [7, 11) is 1.62. The average Bonchev–Trinajstić information content (AvgIpc) is 3.33. The van der Waals surface area contributed by atoms with Gasteiger partial charge < -0.3 is 9.64 Å². The predicted molar refractivity (Wildman–Crippen MR) is 107 cm³/mol. The number of fused-ring (bicyclic) bond motifs is 1. The van der Waals surface area contributed by atoms with Gasteiger partial charge in [-0.15, -0.1) is 23.1 Å². The number of nitrogens with zero attached hydrogens (tertiary/aromatic N) is 2. The molecular formula is C20H20N2O2S2. The molecule has 3 aromatic rings. The van der Waals surface area contributed by atoms with E-state index in [9.17, 15) is 4.79 Å². The third-order valence-corrected chi connectivity index (χ3v) is 6.61. The van der Waals surface area contributed by atoms with Crippen LogP contribution in [0.25, 0.3) is 10.2 Å². The van der Waals surface area contributed by atoms with E-state index in [0.29, 0.717) is 11.3 Å². The molecule has 1 aliphatic rings. The van der Waals surface area contributed by atoms with Gasteiger partial charge in [0.1, 0.15) is 10.8 Å². The number of hydrogen-bond donors (Lipinski definition) is 0. The van der Waals surface area contributed by atoms with Gasteiger partial charge in [-0.05, 0) is 49.4 Å². The molecule has 0 radical (unpaired) electrons. The van der Waals surface area contributed by atoms with E-state index < -0.39 is 0 Å². The normalized spacial score (nSPS) is 17.0. The first-order valence-corrected chi connectivity index (χ1v) is 10.6. The van der Waals surface area contributed by atoms with Crippen LogP contribution in [0.4, 0.5) is 0 Å². The van der Waals surface area contributed by atoms with Crippen LogP contribution in [0.15, 0.2) is 47.4 Å². The molecule has 0 spiro atoms. The Labute approximate surface area is 161 Å². The number of carbonyl (C=O) groups excluding carboxylic acids is 1. The van der Waals surface area contributed by atoms with E-state index >= 15 is 0 Å². The molecule has 0 N–H and O–H groups in total. The summed E-state index contributed by atoms with van der Waals surface area (Å²) >= 11 is 3.32. The van der Waals surface area contributed by atoms with E-state index in [1.54, 1.807) is 30.2 Å². The van der Waals surface area contributed by atoms with Gasteiger partial charge in [-0.2, -0.15) is 0 Å². The molecule has 1 fully saturated rings. The number of ether oxygens (including phenoxy) is 1. The lowest BCUT2D eigenvalue weighted by Crippen LogP contribution is -2.30. The van der Waals surface area contributed by atoms with Crippen LogP contribution in [-0.2, 0) is 0 Å². The minimum Gasteiger partial charge on any atom is -0.496 e. The average molecular weight is 385 g/mol. The molecule has 1 aliphatic heterocycles. The highest BCUT2D eigenvalue weighted by Gasteiger charge is 2.33. The lowest BCUT2D eigenvalue weighted by atomic mass is 10.1. The van der Waals surface area contributed by atoms with Crippen molar-refractivity contribution in [3.63, 3.8) is 0 Å². The van der Waals surface area contributed by atoms with Crippen molar-refractivity contribution in [3.8, 4) is 5.75 Å². The van der Waals surface area contributed by atoms with Crippen LogP contribution in [0.2, 0.25) is 0 Å². The predicted octanol–water partition coefficient (Wildman–Crippen LogP) is 5.00. The van der Waals surface area contributed by atoms with E-state index in [-0.39, 0.29) is 11.9 Å². The van der Waals surface area contributed by atoms with Crippen molar-refractivity contribution in [2.45, 2.75) is 23.8 Å². The summed E-state index contributed by atoms with van der Waals surface area (Å²) in [6, 6.07) is 14.0. The first-order valence-electron chi connectivity index (χ1n) is 8.59. The molecule has 4 rings (SSSR count). The zero-order valence-corrected chi connectivity index (χ0v) is 16.4. The molecule has 0 unspecified atom stereocenters. The fraction of sp³-hybridized carbons (Fsp3) is 0.300. The minimum atomic E-state index is 0.0243. The molecule has 2 heterocycles. The van der Waals surface area contributed by atoms with Gasteiger partial charge in [-0.25, -0.2) is 4.98 Å². The van der Waals surface area contributed by atoms with E-state index in [4.69, 9.17) is 9.72 Å². The van der Waals surface area contributed by atoms with Crippen molar-refractivity contribution >= 4 is 39.2 Å². The van der Waals surface area contributed by atoms with Gasteiger partial charge in [0.05, 0.1) is 28.9 Å². The second-order valence-corrected chi connectivity index (χ2v) is 8.18. The summed E-state index contributed by atoms with van der Waals surface area (Å²) in [4.78, 5) is 21.1. The highest BCUT2D eigenvalue weighted by atomic mass is 32.2. The Morgan fingerprint density at radius 2 is 2.15 bits per heavy atom. The molecule has 1 aromatic heterocycles. The summed E-state index contributed by atoms with van der Waals surface area (Å²) in [5, 5.41) is 1.02. The second kappa shape index (κ2) is 7.29. The van der Waals surface area contributed by atoms with Crippen molar-refractivity contribution in [1.82, 2.24) is 9.88 Å². The van der Waals surface area contributed by atoms with Gasteiger partial charge in [0.25, 0.3) is 5.91 Å². The van der Waals surface area contributed by atoms with E-state index in [1.807, 2.05) is 47.6 Å². The number of likely N-dealkylation sites (tertiary alicyclic amines) is 1. The van der Waals surface area contributed by atoms with Gasteiger partial charge in [0.2, 0.25) is 0 Å². The first kappa shape index (κ1) is 17.4. The third kappa shape index (κ3) is 3.08. The van der Waals surface area contributed by atoms with Crippen LogP contribution in [-0.4, -0.2) is 35.7 Å². The quantitative estimate of drug-likeness (QED) is 0.594. The summed E-state index contributed by atoms with van der Waals surface area (Å²) in [5.41, 5.74) is 1.63. The summed E-state index contributed by atoms with van der Waals surface area (Å²) in [6.07, 6.45) is 3.97. The fourth-order valence-electron chi connectivity index (χ4n) is 3.43. The van der Waals surface area contributed by atoms with E-state index in [0.717, 1.165) is 34.8 Å². The molecular weight excluding hydrogens is 364 g/mol. The molecule has 134 valence electrons. The van der Waals surface area contributed by atoms with E-state index in [2.05, 4.69) is 6.07 Å². The SMILES string of the molecule is COc1cc(SC)ccc1C(=O)N1CCC[C@@H]1c1nc2ccccc2s1. The van der Waals surface area contributed by atoms with Gasteiger partial charge >= 0.3 is 0 Å². The Morgan fingerprint density at radius 1 is 1.31 bits per heavy atom. The van der Waals surface area contributed by atoms with Crippen molar-refractivity contribution < 1.29 is 9.53 Å². The fourth-order valence-corrected chi connectivity index (χ4v) is 4.97. The first-order chi connectivity index (χ1) is 12.7. The Bertz CT molecular complexity index is 921. The number of aromatic nitrogens is 1. The molecule has 6 heteroatoms. The van der Waals surface area contributed by atoms with Gasteiger partial charge in [0.15, 0.2) is 0 Å². The topological polar surface area (TPSA) is 42.4 Å². The number of benzene rings is 2. The molecule has 1 atom stereocenters. The number of thioether (sulfide) groups is 1. The molecule has 1 saturated heterocycles. The number of rotatable bonds is 4. The number of methoxy groups -OCH3 is 1. The van der Waals surface area contributed by atoms with Crippen LogP contribution in [0, 0.1) is 0 Å². The van der Waals surface area contributed by atoms with Crippen LogP contribution >= 0.6 is 23.1 Å². The monoisotopic (exact) mass is 384 g/mol. The van der Waals surface area contributed by atoms with Crippen molar-refractivity contribution in [1.29, 1.82) is 0 Å². The molecule has 1 amide bonds. The molecule has 0 saturated carbocycles. The Hall–Kier alpha value is -2.05. The number of para-hydroxylation sites is 1. The number of amides is 1. The van der Waals surface area contributed by atoms with Gasteiger partial charge in [-0.3, -0.25) is 4.79 Å². The maximum Gasteiger partial charge on any atom is 0.258 e. The zero-order valence-electron chi connectivity index (χ0n) is 14.8. The maximum absolute atomic E-state index is 13.2. The Morgan fingerprint density at radius 3 is 2.92 bits per heavy atom. The van der Waals surface area contributed by atoms with E-state index in [1.165, 1.54) is 4.70 Å². The standard InChI is InChI=1S/C20H20N2O2S2/c1-24-17-12-13(25-2)9-10-14(17)20(23)22-11-5-7-16(22)19-21-15-6-3-4-8-18(15)26-19/h3-4,6,8-10,12,16H,5,7,11H2,1-2H3/t16-/m1/s1. The zero-order chi connectivity index (χ0) is 18.1. The number of hydrogen-bond acceptors (Lipinski definition) is 5. The summed E-state index contributed by atoms with van der Waals surface area (Å²) < 4.78 is 6.65. The highest BCUT2D eigenvalue weighted by Crippen LogP contribution is 2.38. The molecule has 26 heavy (non-hydrogen) atoms. The molecule has 4 nitrogen and oxygen atoms in total.